The third-order valence-corrected chi connectivity index (χ3v) is 9.16. The normalized spacial score (nSPS) is 45.3. The van der Waals surface area contributed by atoms with Crippen molar-refractivity contribution in [3.8, 4) is 5.75 Å². The first kappa shape index (κ1) is 15.9. The molecule has 0 amide bonds. The summed E-state index contributed by atoms with van der Waals surface area (Å²) in [7, 11) is 1.82. The Hall–Kier alpha value is -1.06. The number of nitrogens with zero attached hydrogens (tertiary/aromatic N) is 1. The third-order valence-electron chi connectivity index (χ3n) is 9.16. The Labute approximate surface area is 157 Å². The van der Waals surface area contributed by atoms with Crippen LogP contribution in [-0.4, -0.2) is 43.7 Å². The summed E-state index contributed by atoms with van der Waals surface area (Å²) in [6.07, 6.45) is 8.20. The Morgan fingerprint density at radius 2 is 2.23 bits per heavy atom. The van der Waals surface area contributed by atoms with Crippen molar-refractivity contribution >= 4 is 0 Å². The highest BCUT2D eigenvalue weighted by Gasteiger charge is 2.74. The van der Waals surface area contributed by atoms with E-state index in [4.69, 9.17) is 4.74 Å². The van der Waals surface area contributed by atoms with Crippen molar-refractivity contribution in [2.75, 3.05) is 26.7 Å². The van der Waals surface area contributed by atoms with E-state index in [1.807, 2.05) is 7.11 Å². The molecular weight excluding hydrogens is 320 g/mol. The number of methoxy groups -OCH3 is 1. The van der Waals surface area contributed by atoms with Gasteiger partial charge in [-0.3, -0.25) is 4.90 Å². The van der Waals surface area contributed by atoms with Crippen LogP contribution in [0.2, 0.25) is 0 Å². The van der Waals surface area contributed by atoms with Crippen molar-refractivity contribution in [3.05, 3.63) is 29.3 Å². The van der Waals surface area contributed by atoms with Gasteiger partial charge in [-0.25, -0.2) is 0 Å². The molecule has 5 aliphatic rings. The number of nitrogens with one attached hydrogen (secondary N) is 1. The van der Waals surface area contributed by atoms with Gasteiger partial charge >= 0.3 is 0 Å². The molecule has 4 bridgehead atoms. The van der Waals surface area contributed by atoms with Gasteiger partial charge in [0.15, 0.2) is 0 Å². The summed E-state index contributed by atoms with van der Waals surface area (Å²) in [5, 5.41) is 3.92. The molecule has 3 nitrogen and oxygen atoms in total. The van der Waals surface area contributed by atoms with E-state index in [2.05, 4.69) is 35.3 Å². The van der Waals surface area contributed by atoms with Crippen LogP contribution < -0.4 is 10.1 Å². The van der Waals surface area contributed by atoms with E-state index in [0.717, 1.165) is 29.7 Å². The molecule has 0 radical (unpaired) electrons. The molecule has 3 aliphatic carbocycles. The summed E-state index contributed by atoms with van der Waals surface area (Å²) in [6, 6.07) is 8.56. The minimum Gasteiger partial charge on any atom is -0.497 e. The van der Waals surface area contributed by atoms with E-state index in [0.29, 0.717) is 10.8 Å². The van der Waals surface area contributed by atoms with Crippen LogP contribution in [0.4, 0.5) is 0 Å². The first-order chi connectivity index (χ1) is 12.7. The monoisotopic (exact) mass is 352 g/mol. The van der Waals surface area contributed by atoms with Gasteiger partial charge in [0, 0.05) is 17.5 Å². The second-order valence-corrected chi connectivity index (χ2v) is 9.70. The lowest BCUT2D eigenvalue weighted by molar-refractivity contribution is -0.0927. The third kappa shape index (κ3) is 1.64. The molecular formula is C23H32N2O. The molecule has 6 rings (SSSR count). The lowest BCUT2D eigenvalue weighted by atomic mass is 9.43. The summed E-state index contributed by atoms with van der Waals surface area (Å²) < 4.78 is 5.69. The maximum atomic E-state index is 5.69. The zero-order valence-electron chi connectivity index (χ0n) is 16.3. The van der Waals surface area contributed by atoms with Crippen molar-refractivity contribution in [1.82, 2.24) is 10.2 Å². The minimum atomic E-state index is 0.404. The van der Waals surface area contributed by atoms with Crippen LogP contribution in [0.15, 0.2) is 18.2 Å². The fraction of sp³-hybridized carbons (Fsp3) is 0.739. The summed E-state index contributed by atoms with van der Waals surface area (Å²) >= 11 is 0. The smallest absolute Gasteiger partial charge is 0.119 e. The molecule has 3 heteroatoms. The molecule has 1 aromatic carbocycles. The summed E-state index contributed by atoms with van der Waals surface area (Å²) in [6.45, 7) is 6.20. The highest BCUT2D eigenvalue weighted by atomic mass is 16.5. The van der Waals surface area contributed by atoms with Gasteiger partial charge < -0.3 is 10.1 Å². The standard InChI is InChI=1S/C23H32N2O/c1-3-9-25-10-8-23-18-12-17(26-2)5-4-15(18)11-20(25)22(23)7-6-19-21(23)16(13-22)14-24-19/h4-5,12,16,19-21,24H,3,6-11,13-14H2,1-2H3/t16-,19?,20?,21?,22?,23?/m1/s1. The Kier molecular flexibility index (Phi) is 3.23. The predicted octanol–water partition coefficient (Wildman–Crippen LogP) is 3.36. The van der Waals surface area contributed by atoms with Crippen molar-refractivity contribution < 1.29 is 4.74 Å². The maximum absolute atomic E-state index is 5.69. The molecule has 4 fully saturated rings. The largest absolute Gasteiger partial charge is 0.497 e. The fourth-order valence-corrected chi connectivity index (χ4v) is 8.62. The molecule has 2 heterocycles. The number of benzene rings is 1. The van der Waals surface area contributed by atoms with E-state index in [9.17, 15) is 0 Å². The fourth-order valence-electron chi connectivity index (χ4n) is 8.62. The highest BCUT2D eigenvalue weighted by Crippen LogP contribution is 2.74. The SMILES string of the molecule is CCCN1CCC23c4cc(OC)ccc4CC1C21CCC2NC[C@@H](C1)C23. The van der Waals surface area contributed by atoms with Gasteiger partial charge in [-0.05, 0) is 98.7 Å². The maximum Gasteiger partial charge on any atom is 0.119 e. The van der Waals surface area contributed by atoms with Gasteiger partial charge in [0.25, 0.3) is 0 Å². The summed E-state index contributed by atoms with van der Waals surface area (Å²) in [5.74, 6) is 2.81. The van der Waals surface area contributed by atoms with Crippen LogP contribution in [0.25, 0.3) is 0 Å². The Morgan fingerprint density at radius 1 is 1.31 bits per heavy atom. The molecule has 6 atom stereocenters. The highest BCUT2D eigenvalue weighted by molar-refractivity contribution is 5.50. The average Bonchev–Trinajstić information content (AvgIpc) is 3.14. The average molecular weight is 353 g/mol. The van der Waals surface area contributed by atoms with E-state index in [-0.39, 0.29) is 0 Å². The van der Waals surface area contributed by atoms with Crippen LogP contribution in [-0.2, 0) is 11.8 Å². The Bertz CT molecular complexity index is 748. The molecule has 2 saturated carbocycles. The van der Waals surface area contributed by atoms with E-state index in [1.54, 1.807) is 11.1 Å². The molecule has 140 valence electrons. The minimum absolute atomic E-state index is 0.404. The summed E-state index contributed by atoms with van der Waals surface area (Å²) in [5.41, 5.74) is 4.24. The van der Waals surface area contributed by atoms with E-state index in [1.165, 1.54) is 58.2 Å². The number of likely N-dealkylation sites (tertiary alicyclic amines) is 1. The van der Waals surface area contributed by atoms with Crippen LogP contribution in [0.1, 0.15) is 50.2 Å². The second kappa shape index (κ2) is 5.26. The molecule has 0 spiro atoms. The molecule has 1 N–H and O–H groups in total. The van der Waals surface area contributed by atoms with Crippen molar-refractivity contribution in [2.24, 2.45) is 17.3 Å². The molecule has 2 saturated heterocycles. The second-order valence-electron chi connectivity index (χ2n) is 9.70. The zero-order chi connectivity index (χ0) is 17.5. The van der Waals surface area contributed by atoms with Crippen LogP contribution in [0.3, 0.4) is 0 Å². The Balaban J connectivity index is 1.59. The zero-order valence-corrected chi connectivity index (χ0v) is 16.3. The first-order valence-corrected chi connectivity index (χ1v) is 10.9. The molecule has 1 aromatic rings. The van der Waals surface area contributed by atoms with E-state index >= 15 is 0 Å². The number of hydrogen-bond donors (Lipinski definition) is 1. The number of ether oxygens (including phenoxy) is 1. The van der Waals surface area contributed by atoms with Crippen LogP contribution in [0, 0.1) is 17.3 Å². The quantitative estimate of drug-likeness (QED) is 0.903. The number of rotatable bonds is 3. The first-order valence-electron chi connectivity index (χ1n) is 10.9. The van der Waals surface area contributed by atoms with Gasteiger partial charge in [-0.15, -0.1) is 0 Å². The predicted molar refractivity (Wildman–Crippen MR) is 104 cm³/mol. The molecule has 2 aliphatic heterocycles. The van der Waals surface area contributed by atoms with Crippen LogP contribution in [0.5, 0.6) is 5.75 Å². The summed E-state index contributed by atoms with van der Waals surface area (Å²) in [4.78, 5) is 2.89. The van der Waals surface area contributed by atoms with Crippen molar-refractivity contribution in [3.63, 3.8) is 0 Å². The number of fused-ring (bicyclic) bond motifs is 1. The topological polar surface area (TPSA) is 24.5 Å². The van der Waals surface area contributed by atoms with Gasteiger partial charge in [-0.2, -0.15) is 0 Å². The molecule has 26 heavy (non-hydrogen) atoms. The van der Waals surface area contributed by atoms with Gasteiger partial charge in [0.2, 0.25) is 0 Å². The number of piperidine rings is 1. The van der Waals surface area contributed by atoms with Crippen LogP contribution >= 0.6 is 0 Å². The lowest BCUT2D eigenvalue weighted by Gasteiger charge is -2.66. The molecule has 0 aromatic heterocycles. The van der Waals surface area contributed by atoms with Gasteiger partial charge in [-0.1, -0.05) is 13.0 Å². The van der Waals surface area contributed by atoms with Crippen molar-refractivity contribution in [1.29, 1.82) is 0 Å². The van der Waals surface area contributed by atoms with Gasteiger partial charge in [0.05, 0.1) is 7.11 Å². The van der Waals surface area contributed by atoms with Gasteiger partial charge in [0.1, 0.15) is 5.75 Å². The Morgan fingerprint density at radius 3 is 3.08 bits per heavy atom. The van der Waals surface area contributed by atoms with E-state index < -0.39 is 0 Å². The lowest BCUT2D eigenvalue weighted by Crippen LogP contribution is -2.69. The number of hydrogen-bond acceptors (Lipinski definition) is 3. The van der Waals surface area contributed by atoms with Crippen molar-refractivity contribution in [2.45, 2.75) is 62.9 Å². The molecule has 5 unspecified atom stereocenters.